The van der Waals surface area contributed by atoms with Crippen LogP contribution in [0.2, 0.25) is 15.1 Å². The number of anilines is 1. The summed E-state index contributed by atoms with van der Waals surface area (Å²) in [5.74, 6) is -0.886. The van der Waals surface area contributed by atoms with Crippen LogP contribution in [0.4, 0.5) is 5.69 Å². The Morgan fingerprint density at radius 2 is 1.60 bits per heavy atom. The number of rotatable bonds is 5. The molecule has 0 aliphatic rings. The van der Waals surface area contributed by atoms with Crippen molar-refractivity contribution in [2.45, 2.75) is 20.4 Å². The molecule has 132 valence electrons. The number of nitrogens with one attached hydrogen (secondary N) is 2. The molecule has 4 nitrogen and oxygen atoms in total. The quantitative estimate of drug-likeness (QED) is 0.701. The average Bonchev–Trinajstić information content (AvgIpc) is 2.58. The predicted molar refractivity (Wildman–Crippen MR) is 102 cm³/mol. The Labute approximate surface area is 161 Å². The van der Waals surface area contributed by atoms with Crippen molar-refractivity contribution >= 4 is 52.3 Å². The minimum Gasteiger partial charge on any atom is -0.351 e. The second-order valence-corrected chi connectivity index (χ2v) is 7.21. The second-order valence-electron chi connectivity index (χ2n) is 5.99. The molecule has 2 amide bonds. The highest BCUT2D eigenvalue weighted by Crippen LogP contribution is 2.31. The van der Waals surface area contributed by atoms with Gasteiger partial charge in [0.05, 0.1) is 15.7 Å². The van der Waals surface area contributed by atoms with Crippen LogP contribution in [-0.4, -0.2) is 11.8 Å². The lowest BCUT2D eigenvalue weighted by Crippen LogP contribution is -2.44. The first kappa shape index (κ1) is 19.6. The van der Waals surface area contributed by atoms with E-state index in [-0.39, 0.29) is 5.02 Å². The van der Waals surface area contributed by atoms with Gasteiger partial charge in [0.15, 0.2) is 0 Å². The molecule has 2 rings (SSSR count). The number of hydrogen-bond donors (Lipinski definition) is 2. The lowest BCUT2D eigenvalue weighted by Gasteiger charge is -2.23. The van der Waals surface area contributed by atoms with Gasteiger partial charge in [0.25, 0.3) is 0 Å². The van der Waals surface area contributed by atoms with Gasteiger partial charge in [-0.15, -0.1) is 0 Å². The summed E-state index contributed by atoms with van der Waals surface area (Å²) in [4.78, 5) is 24.9. The summed E-state index contributed by atoms with van der Waals surface area (Å²) in [7, 11) is 0. The Kier molecular flexibility index (Phi) is 6.33. The third kappa shape index (κ3) is 4.88. The van der Waals surface area contributed by atoms with Crippen LogP contribution in [-0.2, 0) is 16.1 Å². The summed E-state index contributed by atoms with van der Waals surface area (Å²) in [5, 5.41) is 6.57. The summed E-state index contributed by atoms with van der Waals surface area (Å²) in [5.41, 5.74) is -0.0532. The van der Waals surface area contributed by atoms with E-state index in [9.17, 15) is 9.59 Å². The minimum atomic E-state index is -1.29. The largest absolute Gasteiger partial charge is 0.351 e. The molecule has 0 saturated heterocycles. The van der Waals surface area contributed by atoms with Gasteiger partial charge < -0.3 is 10.6 Å². The Bertz CT molecular complexity index is 789. The fourth-order valence-corrected chi connectivity index (χ4v) is 2.46. The van der Waals surface area contributed by atoms with Gasteiger partial charge >= 0.3 is 0 Å². The topological polar surface area (TPSA) is 58.2 Å². The molecule has 0 unspecified atom stereocenters. The van der Waals surface area contributed by atoms with Crippen LogP contribution in [0, 0.1) is 5.41 Å². The van der Waals surface area contributed by atoms with Crippen molar-refractivity contribution in [3.8, 4) is 0 Å². The number of carbonyl (C=O) groups excluding carboxylic acids is 2. The molecule has 0 heterocycles. The van der Waals surface area contributed by atoms with Gasteiger partial charge in [-0.05, 0) is 43.7 Å². The summed E-state index contributed by atoms with van der Waals surface area (Å²) >= 11 is 17.8. The molecule has 0 atom stereocenters. The van der Waals surface area contributed by atoms with Crippen LogP contribution in [0.15, 0.2) is 42.5 Å². The highest BCUT2D eigenvalue weighted by Gasteiger charge is 2.36. The van der Waals surface area contributed by atoms with E-state index < -0.39 is 17.2 Å². The summed E-state index contributed by atoms with van der Waals surface area (Å²) < 4.78 is 0. The molecule has 25 heavy (non-hydrogen) atoms. The third-order valence-electron chi connectivity index (χ3n) is 3.70. The van der Waals surface area contributed by atoms with E-state index in [1.807, 2.05) is 0 Å². The molecule has 2 N–H and O–H groups in total. The highest BCUT2D eigenvalue weighted by molar-refractivity contribution is 6.44. The molecule has 0 aliphatic heterocycles. The molecule has 2 aromatic rings. The van der Waals surface area contributed by atoms with E-state index in [1.54, 1.807) is 42.5 Å². The highest BCUT2D eigenvalue weighted by atomic mass is 35.5. The Morgan fingerprint density at radius 1 is 0.960 bits per heavy atom. The summed E-state index contributed by atoms with van der Waals surface area (Å²) in [6.07, 6.45) is 0. The SMILES string of the molecule is CC(C)(C(=O)NCc1ccc(Cl)cc1)C(=O)Nc1cccc(Cl)c1Cl. The lowest BCUT2D eigenvalue weighted by atomic mass is 9.90. The third-order valence-corrected chi connectivity index (χ3v) is 4.77. The molecule has 0 bridgehead atoms. The van der Waals surface area contributed by atoms with Gasteiger partial charge in [-0.3, -0.25) is 9.59 Å². The van der Waals surface area contributed by atoms with E-state index in [4.69, 9.17) is 34.8 Å². The Morgan fingerprint density at radius 3 is 2.24 bits per heavy atom. The molecule has 0 aromatic heterocycles. The normalized spacial score (nSPS) is 11.1. The van der Waals surface area contributed by atoms with Crippen molar-refractivity contribution in [2.75, 3.05) is 5.32 Å². The standard InChI is InChI=1S/C18H17Cl3N2O2/c1-18(2,16(24)22-10-11-6-8-12(19)9-7-11)17(25)23-14-5-3-4-13(20)15(14)21/h3-9H,10H2,1-2H3,(H,22,24)(H,23,25). The summed E-state index contributed by atoms with van der Waals surface area (Å²) in [6.45, 7) is 3.38. The zero-order valence-corrected chi connectivity index (χ0v) is 16.0. The van der Waals surface area contributed by atoms with Crippen LogP contribution in [0.1, 0.15) is 19.4 Å². The monoisotopic (exact) mass is 398 g/mol. The van der Waals surface area contributed by atoms with Crippen LogP contribution in [0.25, 0.3) is 0 Å². The lowest BCUT2D eigenvalue weighted by molar-refractivity contribution is -0.138. The predicted octanol–water partition coefficient (Wildman–Crippen LogP) is 4.93. The maximum absolute atomic E-state index is 12.5. The van der Waals surface area contributed by atoms with Crippen molar-refractivity contribution in [3.63, 3.8) is 0 Å². The van der Waals surface area contributed by atoms with Crippen LogP contribution in [0.5, 0.6) is 0 Å². The molecule has 7 heteroatoms. The fourth-order valence-electron chi connectivity index (χ4n) is 1.99. The zero-order chi connectivity index (χ0) is 18.6. The number of halogens is 3. The smallest absolute Gasteiger partial charge is 0.239 e. The summed E-state index contributed by atoms with van der Waals surface area (Å²) in [6, 6.07) is 12.0. The van der Waals surface area contributed by atoms with Gasteiger partial charge in [0, 0.05) is 11.6 Å². The van der Waals surface area contributed by atoms with Crippen molar-refractivity contribution in [2.24, 2.45) is 5.41 Å². The van der Waals surface area contributed by atoms with E-state index in [0.717, 1.165) is 5.56 Å². The van der Waals surface area contributed by atoms with E-state index in [2.05, 4.69) is 10.6 Å². The fraction of sp³-hybridized carbons (Fsp3) is 0.222. The van der Waals surface area contributed by atoms with Crippen LogP contribution in [0.3, 0.4) is 0 Å². The first-order chi connectivity index (χ1) is 11.7. The van der Waals surface area contributed by atoms with E-state index in [0.29, 0.717) is 22.3 Å². The molecule has 0 radical (unpaired) electrons. The van der Waals surface area contributed by atoms with Gasteiger partial charge in [-0.25, -0.2) is 0 Å². The molecule has 2 aromatic carbocycles. The number of hydrogen-bond acceptors (Lipinski definition) is 2. The maximum atomic E-state index is 12.5. The number of carbonyl (C=O) groups is 2. The molecule has 0 aliphatic carbocycles. The van der Waals surface area contributed by atoms with E-state index >= 15 is 0 Å². The zero-order valence-electron chi connectivity index (χ0n) is 13.7. The second kappa shape index (κ2) is 8.09. The molecule has 0 spiro atoms. The number of amides is 2. The maximum Gasteiger partial charge on any atom is 0.239 e. The Balaban J connectivity index is 2.03. The van der Waals surface area contributed by atoms with Crippen molar-refractivity contribution in [1.29, 1.82) is 0 Å². The van der Waals surface area contributed by atoms with Crippen molar-refractivity contribution in [3.05, 3.63) is 63.1 Å². The first-order valence-corrected chi connectivity index (χ1v) is 8.63. The van der Waals surface area contributed by atoms with E-state index in [1.165, 1.54) is 13.8 Å². The first-order valence-electron chi connectivity index (χ1n) is 7.50. The average molecular weight is 400 g/mol. The number of benzene rings is 2. The Hall–Kier alpha value is -1.75. The van der Waals surface area contributed by atoms with Gasteiger partial charge in [-0.2, -0.15) is 0 Å². The molecular formula is C18H17Cl3N2O2. The van der Waals surface area contributed by atoms with Crippen LogP contribution >= 0.6 is 34.8 Å². The van der Waals surface area contributed by atoms with Gasteiger partial charge in [0.1, 0.15) is 5.41 Å². The van der Waals surface area contributed by atoms with Crippen molar-refractivity contribution in [1.82, 2.24) is 5.32 Å². The molecule has 0 saturated carbocycles. The van der Waals surface area contributed by atoms with Gasteiger partial charge in [0.2, 0.25) is 11.8 Å². The molecule has 0 fully saturated rings. The molecular weight excluding hydrogens is 383 g/mol. The van der Waals surface area contributed by atoms with Gasteiger partial charge in [-0.1, -0.05) is 53.0 Å². The minimum absolute atomic E-state index is 0.231. The van der Waals surface area contributed by atoms with Crippen molar-refractivity contribution < 1.29 is 9.59 Å². The van der Waals surface area contributed by atoms with Crippen LogP contribution < -0.4 is 10.6 Å².